The molecule has 0 radical (unpaired) electrons. The van der Waals surface area contributed by atoms with Gasteiger partial charge in [0, 0.05) is 12.0 Å². The molecule has 9 nitrogen and oxygen atoms in total. The van der Waals surface area contributed by atoms with Crippen LogP contribution in [0.2, 0.25) is 0 Å². The fraction of sp³-hybridized carbons (Fsp3) is 0.519. The number of carbonyl (C=O) groups is 3. The van der Waals surface area contributed by atoms with Crippen molar-refractivity contribution >= 4 is 40.4 Å². The summed E-state index contributed by atoms with van der Waals surface area (Å²) in [6.45, 7) is 6.56. The van der Waals surface area contributed by atoms with Crippen molar-refractivity contribution in [1.82, 2.24) is 10.6 Å². The van der Waals surface area contributed by atoms with Crippen LogP contribution < -0.4 is 10.6 Å². The first-order chi connectivity index (χ1) is 17.7. The van der Waals surface area contributed by atoms with Crippen molar-refractivity contribution in [3.05, 3.63) is 46.4 Å². The molecule has 5 rings (SSSR count). The number of hydrogen-bond donors (Lipinski definition) is 2. The Kier molecular flexibility index (Phi) is 7.22. The van der Waals surface area contributed by atoms with Crippen LogP contribution in [0.25, 0.3) is 0 Å². The first kappa shape index (κ1) is 25.7. The van der Waals surface area contributed by atoms with Crippen molar-refractivity contribution in [2.24, 2.45) is 21.5 Å². The lowest BCUT2D eigenvalue weighted by Gasteiger charge is -2.36. The van der Waals surface area contributed by atoms with E-state index in [4.69, 9.17) is 9.47 Å². The highest BCUT2D eigenvalue weighted by atomic mass is 32.2. The molecule has 2 N–H and O–H groups in total. The van der Waals surface area contributed by atoms with Gasteiger partial charge in [0.05, 0.1) is 29.3 Å². The largest absolute Gasteiger partial charge is 0.462 e. The number of hydrogen-bond acceptors (Lipinski definition) is 8. The average Bonchev–Trinajstić information content (AvgIpc) is 3.54. The van der Waals surface area contributed by atoms with E-state index in [1.165, 1.54) is 11.8 Å². The van der Waals surface area contributed by atoms with Gasteiger partial charge in [0.15, 0.2) is 5.17 Å². The Labute approximate surface area is 220 Å². The molecule has 2 amide bonds. The van der Waals surface area contributed by atoms with Gasteiger partial charge in [0.2, 0.25) is 0 Å². The molecular weight excluding hydrogens is 492 g/mol. The minimum Gasteiger partial charge on any atom is -0.462 e. The number of nitrogens with zero attached hydrogens (tertiary/aromatic N) is 2. The summed E-state index contributed by atoms with van der Waals surface area (Å²) in [5.74, 6) is -0.685. The Bertz CT molecular complexity index is 1190. The second kappa shape index (κ2) is 10.4. The van der Waals surface area contributed by atoms with Crippen LogP contribution >= 0.6 is 11.8 Å². The van der Waals surface area contributed by atoms with Gasteiger partial charge in [-0.2, -0.15) is 0 Å². The van der Waals surface area contributed by atoms with Crippen molar-refractivity contribution in [2.45, 2.75) is 71.1 Å². The maximum atomic E-state index is 12.5. The molecule has 1 aromatic rings. The summed E-state index contributed by atoms with van der Waals surface area (Å²) in [5, 5.41) is 14.6. The second-order valence-electron chi connectivity index (χ2n) is 10.7. The van der Waals surface area contributed by atoms with E-state index >= 15 is 0 Å². The summed E-state index contributed by atoms with van der Waals surface area (Å²) >= 11 is 1.21. The Morgan fingerprint density at radius 2 is 1.95 bits per heavy atom. The van der Waals surface area contributed by atoms with Crippen LogP contribution in [0.5, 0.6) is 0 Å². The summed E-state index contributed by atoms with van der Waals surface area (Å²) in [4.78, 5) is 37.4. The molecule has 1 saturated carbocycles. The number of fused-ring (bicyclic) bond motifs is 1. The van der Waals surface area contributed by atoms with Gasteiger partial charge in [0.25, 0.3) is 11.8 Å². The molecule has 3 heterocycles. The highest BCUT2D eigenvalue weighted by Gasteiger charge is 2.45. The third-order valence-electron chi connectivity index (χ3n) is 7.37. The molecular formula is C27H32N4O5S. The number of amidine groups is 1. The lowest BCUT2D eigenvalue weighted by Crippen LogP contribution is -2.38. The van der Waals surface area contributed by atoms with Crippen LogP contribution in [-0.4, -0.2) is 47.4 Å². The number of esters is 1. The lowest BCUT2D eigenvalue weighted by molar-refractivity contribution is -0.115. The van der Waals surface area contributed by atoms with Crippen molar-refractivity contribution in [3.63, 3.8) is 0 Å². The molecule has 196 valence electrons. The molecule has 4 atom stereocenters. The zero-order valence-corrected chi connectivity index (χ0v) is 22.1. The topological polar surface area (TPSA) is 118 Å². The first-order valence-electron chi connectivity index (χ1n) is 12.8. The molecule has 0 aromatic heterocycles. The Morgan fingerprint density at radius 1 is 1.16 bits per heavy atom. The Hall–Kier alpha value is -2.98. The molecule has 0 bridgehead atoms. The highest BCUT2D eigenvalue weighted by Crippen LogP contribution is 2.41. The number of benzene rings is 1. The normalized spacial score (nSPS) is 32.0. The third kappa shape index (κ3) is 5.65. The van der Waals surface area contributed by atoms with E-state index in [2.05, 4.69) is 34.7 Å². The summed E-state index contributed by atoms with van der Waals surface area (Å²) in [6.07, 6.45) is 5.95. The second-order valence-corrected chi connectivity index (χ2v) is 11.7. The first-order valence-corrected chi connectivity index (χ1v) is 13.6. The Balaban J connectivity index is 1.20. The zero-order valence-electron chi connectivity index (χ0n) is 21.3. The van der Waals surface area contributed by atoms with Gasteiger partial charge in [-0.05, 0) is 80.0 Å². The number of ether oxygens (including phenoxy) is 2. The van der Waals surface area contributed by atoms with Crippen LogP contribution in [0.1, 0.15) is 74.9 Å². The van der Waals surface area contributed by atoms with Crippen molar-refractivity contribution < 1.29 is 23.9 Å². The molecule has 10 heteroatoms. The molecule has 0 spiro atoms. The fourth-order valence-electron chi connectivity index (χ4n) is 5.43. The van der Waals surface area contributed by atoms with Crippen molar-refractivity contribution in [2.75, 3.05) is 6.61 Å². The van der Waals surface area contributed by atoms with Crippen LogP contribution in [0, 0.1) is 11.3 Å². The van der Waals surface area contributed by atoms with E-state index in [0.717, 1.165) is 37.7 Å². The minimum atomic E-state index is -0.341. The van der Waals surface area contributed by atoms with Gasteiger partial charge in [-0.3, -0.25) is 14.9 Å². The van der Waals surface area contributed by atoms with E-state index in [0.29, 0.717) is 28.0 Å². The van der Waals surface area contributed by atoms with Crippen LogP contribution in [-0.2, 0) is 19.1 Å². The average molecular weight is 525 g/mol. The van der Waals surface area contributed by atoms with E-state index in [1.807, 2.05) is 18.2 Å². The van der Waals surface area contributed by atoms with Crippen molar-refractivity contribution in [1.29, 1.82) is 0 Å². The molecule has 1 aliphatic carbocycles. The van der Waals surface area contributed by atoms with Crippen molar-refractivity contribution in [3.8, 4) is 0 Å². The zero-order chi connectivity index (χ0) is 26.2. The molecule has 1 aromatic carbocycles. The number of nitrogens with one attached hydrogen (secondary N) is 2. The standard InChI is InChI=1S/C27H32N4O5S/c1-4-35-25(34)16-7-5-15(6-8-16)20-10-9-17(36-20)13-21-23(32)29-26(37-21)31-30-22-18-11-12-27(2,3)14-19(18)28-24(22)33/h5-8,13,17-20H,4,9-12,14H2,1-3H3,(H,28,33)(H,29,31,32). The predicted molar refractivity (Wildman–Crippen MR) is 141 cm³/mol. The maximum absolute atomic E-state index is 12.5. The van der Waals surface area contributed by atoms with E-state index in [1.54, 1.807) is 19.1 Å². The maximum Gasteiger partial charge on any atom is 0.338 e. The summed E-state index contributed by atoms with van der Waals surface area (Å²) < 4.78 is 11.2. The third-order valence-corrected chi connectivity index (χ3v) is 8.29. The monoisotopic (exact) mass is 524 g/mol. The smallest absolute Gasteiger partial charge is 0.338 e. The summed E-state index contributed by atoms with van der Waals surface area (Å²) in [5.41, 5.74) is 2.15. The minimum absolute atomic E-state index is 0.0668. The molecule has 4 unspecified atom stereocenters. The van der Waals surface area contributed by atoms with Gasteiger partial charge < -0.3 is 14.8 Å². The number of thioether (sulfide) groups is 1. The SMILES string of the molecule is CCOC(=O)c1ccc(C2CCC(C=C3SC(=NN=C4C(=O)NC5CC(C)(C)CCC45)NC3=O)O2)cc1. The molecule has 4 aliphatic rings. The van der Waals surface area contributed by atoms with Gasteiger partial charge in [-0.15, -0.1) is 10.2 Å². The van der Waals surface area contributed by atoms with Crippen LogP contribution in [0.4, 0.5) is 0 Å². The lowest BCUT2D eigenvalue weighted by atomic mass is 9.70. The van der Waals surface area contributed by atoms with Gasteiger partial charge in [-0.25, -0.2) is 4.79 Å². The molecule has 3 aliphatic heterocycles. The van der Waals surface area contributed by atoms with Crippen LogP contribution in [0.3, 0.4) is 0 Å². The summed E-state index contributed by atoms with van der Waals surface area (Å²) in [6, 6.07) is 7.35. The fourth-order valence-corrected chi connectivity index (χ4v) is 6.23. The van der Waals surface area contributed by atoms with E-state index in [9.17, 15) is 14.4 Å². The van der Waals surface area contributed by atoms with E-state index < -0.39 is 0 Å². The molecule has 3 saturated heterocycles. The van der Waals surface area contributed by atoms with E-state index in [-0.39, 0.29) is 47.4 Å². The van der Waals surface area contributed by atoms with Gasteiger partial charge >= 0.3 is 5.97 Å². The molecule has 4 fully saturated rings. The van der Waals surface area contributed by atoms with Gasteiger partial charge in [0.1, 0.15) is 5.71 Å². The van der Waals surface area contributed by atoms with Gasteiger partial charge in [-0.1, -0.05) is 26.0 Å². The number of rotatable bonds is 5. The quantitative estimate of drug-likeness (QED) is 0.343. The molecule has 37 heavy (non-hydrogen) atoms. The van der Waals surface area contributed by atoms with Crippen LogP contribution in [0.15, 0.2) is 45.4 Å². The predicted octanol–water partition coefficient (Wildman–Crippen LogP) is 3.87. The Morgan fingerprint density at radius 3 is 2.70 bits per heavy atom. The number of amides is 2. The number of carbonyl (C=O) groups excluding carboxylic acids is 3. The summed E-state index contributed by atoms with van der Waals surface area (Å²) in [7, 11) is 0. The highest BCUT2D eigenvalue weighted by molar-refractivity contribution is 8.18.